The van der Waals surface area contributed by atoms with Gasteiger partial charge in [-0.05, 0) is 96.6 Å². The van der Waals surface area contributed by atoms with E-state index in [1.165, 1.54) is 97.8 Å². The molecule has 12 aromatic carbocycles. The van der Waals surface area contributed by atoms with Gasteiger partial charge in [-0.1, -0.05) is 261 Å². The lowest BCUT2D eigenvalue weighted by atomic mass is 9.93. The maximum atomic E-state index is 2.55. The van der Waals surface area contributed by atoms with Crippen molar-refractivity contribution in [3.8, 4) is 55.9 Å². The number of hydrogen-bond donors (Lipinski definition) is 0. The summed E-state index contributed by atoms with van der Waals surface area (Å²) in [7, 11) is -2.80. The summed E-state index contributed by atoms with van der Waals surface area (Å²) in [5, 5.41) is 10.3. The maximum Gasteiger partial charge on any atom is 0.179 e. The summed E-state index contributed by atoms with van der Waals surface area (Å²) in [6.07, 6.45) is 0. The van der Waals surface area contributed by atoms with Crippen molar-refractivity contribution in [1.29, 1.82) is 0 Å². The van der Waals surface area contributed by atoms with Gasteiger partial charge in [0.1, 0.15) is 0 Å². The highest BCUT2D eigenvalue weighted by Gasteiger charge is 2.41. The normalized spacial score (nSPS) is 11.7. The molecule has 0 unspecified atom stereocenters. The fourth-order valence-electron chi connectivity index (χ4n) is 12.2. The monoisotopic (exact) mass is 970 g/mol. The summed E-state index contributed by atoms with van der Waals surface area (Å²) in [5.74, 6) is 0. The van der Waals surface area contributed by atoms with Crippen LogP contribution in [-0.4, -0.2) is 17.2 Å². The largest absolute Gasteiger partial charge is 0.309 e. The Bertz CT molecular complexity index is 4280. The Labute approximate surface area is 438 Å². The first-order chi connectivity index (χ1) is 37.2. The highest BCUT2D eigenvalue weighted by Crippen LogP contribution is 2.45. The standard InChI is InChI=1S/C72H50N2Si/c1-7-24-51(25-8-1)54-30-21-31-55(48-54)63-41-22-40-62(53-28-11-3-12-29-53)72(63)74-69-46-44-56(49-66(69)71-61(39-23-43-70(71)74)52-26-9-2-10-27-52)73-67-42-20-19-38-64(67)65-50-60(45-47-68(65)73)75(57-32-13-4-14-33-57,58-34-15-5-16-35-58)59-36-17-6-18-37-59/h1-50H. The fraction of sp³-hybridized carbons (Fsp3) is 0. The summed E-state index contributed by atoms with van der Waals surface area (Å²) in [6.45, 7) is 0. The molecule has 14 rings (SSSR count). The molecule has 0 radical (unpaired) electrons. The summed E-state index contributed by atoms with van der Waals surface area (Å²) in [4.78, 5) is 0. The zero-order chi connectivity index (χ0) is 49.7. The van der Waals surface area contributed by atoms with E-state index in [0.29, 0.717) is 0 Å². The molecule has 75 heavy (non-hydrogen) atoms. The van der Waals surface area contributed by atoms with Crippen LogP contribution in [0, 0.1) is 0 Å². The number of aromatic nitrogens is 2. The molecule has 0 atom stereocenters. The van der Waals surface area contributed by atoms with Gasteiger partial charge in [-0.3, -0.25) is 0 Å². The minimum Gasteiger partial charge on any atom is -0.309 e. The molecule has 0 saturated heterocycles. The second-order valence-electron chi connectivity index (χ2n) is 19.5. The van der Waals surface area contributed by atoms with Gasteiger partial charge in [0.05, 0.1) is 27.8 Å². The molecule has 3 heteroatoms. The molecule has 352 valence electrons. The average molecular weight is 971 g/mol. The summed E-state index contributed by atoms with van der Waals surface area (Å²) in [5.41, 5.74) is 16.4. The fourth-order valence-corrected chi connectivity index (χ4v) is 17.0. The van der Waals surface area contributed by atoms with Crippen molar-refractivity contribution in [2.24, 2.45) is 0 Å². The van der Waals surface area contributed by atoms with Gasteiger partial charge in [0, 0.05) is 38.4 Å². The van der Waals surface area contributed by atoms with Crippen LogP contribution in [0.4, 0.5) is 0 Å². The van der Waals surface area contributed by atoms with Gasteiger partial charge in [-0.2, -0.15) is 0 Å². The lowest BCUT2D eigenvalue weighted by molar-refractivity contribution is 1.17. The van der Waals surface area contributed by atoms with Gasteiger partial charge in [-0.25, -0.2) is 0 Å². The van der Waals surface area contributed by atoms with Gasteiger partial charge in [-0.15, -0.1) is 0 Å². The van der Waals surface area contributed by atoms with Crippen molar-refractivity contribution in [3.63, 3.8) is 0 Å². The molecule has 0 saturated carbocycles. The number of hydrogen-bond acceptors (Lipinski definition) is 0. The molecule has 2 nitrogen and oxygen atoms in total. The smallest absolute Gasteiger partial charge is 0.179 e. The maximum absolute atomic E-state index is 2.80. The van der Waals surface area contributed by atoms with Crippen LogP contribution >= 0.6 is 0 Å². The van der Waals surface area contributed by atoms with Crippen molar-refractivity contribution < 1.29 is 0 Å². The van der Waals surface area contributed by atoms with E-state index in [1.54, 1.807) is 0 Å². The van der Waals surface area contributed by atoms with Gasteiger partial charge in [0.2, 0.25) is 0 Å². The van der Waals surface area contributed by atoms with E-state index in [-0.39, 0.29) is 0 Å². The average Bonchev–Trinajstić information content (AvgIpc) is 4.02. The van der Waals surface area contributed by atoms with Crippen LogP contribution < -0.4 is 20.7 Å². The van der Waals surface area contributed by atoms with Gasteiger partial charge >= 0.3 is 0 Å². The van der Waals surface area contributed by atoms with Crippen molar-refractivity contribution >= 4 is 72.4 Å². The van der Waals surface area contributed by atoms with Crippen molar-refractivity contribution in [1.82, 2.24) is 9.13 Å². The van der Waals surface area contributed by atoms with Crippen molar-refractivity contribution in [2.45, 2.75) is 0 Å². The Kier molecular flexibility index (Phi) is 10.9. The molecule has 14 aromatic rings. The van der Waals surface area contributed by atoms with Crippen LogP contribution in [0.2, 0.25) is 0 Å². The van der Waals surface area contributed by atoms with Gasteiger partial charge in [0.25, 0.3) is 0 Å². The molecule has 0 amide bonds. The molecule has 2 aromatic heterocycles. The number of rotatable bonds is 10. The highest BCUT2D eigenvalue weighted by molar-refractivity contribution is 7.20. The van der Waals surface area contributed by atoms with Crippen LogP contribution in [0.3, 0.4) is 0 Å². The molecule has 2 heterocycles. The van der Waals surface area contributed by atoms with E-state index in [4.69, 9.17) is 0 Å². The van der Waals surface area contributed by atoms with Gasteiger partial charge in [0.15, 0.2) is 8.07 Å². The lowest BCUT2D eigenvalue weighted by Gasteiger charge is -2.34. The first kappa shape index (κ1) is 44.2. The van der Waals surface area contributed by atoms with E-state index in [0.717, 1.165) is 22.4 Å². The first-order valence-corrected chi connectivity index (χ1v) is 27.9. The summed E-state index contributed by atoms with van der Waals surface area (Å²) < 4.78 is 5.05. The Morgan fingerprint density at radius 1 is 0.227 bits per heavy atom. The molecule has 0 aliphatic heterocycles. The first-order valence-electron chi connectivity index (χ1n) is 25.9. The van der Waals surface area contributed by atoms with Crippen molar-refractivity contribution in [3.05, 3.63) is 303 Å². The zero-order valence-electron chi connectivity index (χ0n) is 41.3. The van der Waals surface area contributed by atoms with Crippen LogP contribution in [0.25, 0.3) is 99.5 Å². The number of fused-ring (bicyclic) bond motifs is 6. The summed E-state index contributed by atoms with van der Waals surface area (Å²) in [6, 6.07) is 112. The Hall–Kier alpha value is -9.54. The number of nitrogens with zero attached hydrogens (tertiary/aromatic N) is 2. The molecule has 0 fully saturated rings. The second kappa shape index (κ2) is 18.5. The topological polar surface area (TPSA) is 9.86 Å². The number of benzene rings is 12. The van der Waals surface area contributed by atoms with E-state index >= 15 is 0 Å². The Morgan fingerprint density at radius 3 is 1.31 bits per heavy atom. The van der Waals surface area contributed by atoms with Crippen LogP contribution in [0.5, 0.6) is 0 Å². The quantitative estimate of drug-likeness (QED) is 0.0955. The molecular weight excluding hydrogens is 921 g/mol. The minimum absolute atomic E-state index is 1.12. The third kappa shape index (κ3) is 7.31. The molecule has 0 aliphatic rings. The Morgan fingerprint density at radius 2 is 0.667 bits per heavy atom. The third-order valence-electron chi connectivity index (χ3n) is 15.5. The lowest BCUT2D eigenvalue weighted by Crippen LogP contribution is -2.74. The number of para-hydroxylation sites is 2. The van der Waals surface area contributed by atoms with E-state index in [1.807, 2.05) is 0 Å². The van der Waals surface area contributed by atoms with Crippen molar-refractivity contribution in [2.75, 3.05) is 0 Å². The molecular formula is C72H50N2Si. The predicted octanol–water partition coefficient (Wildman–Crippen LogP) is 15.9. The molecule has 0 aliphatic carbocycles. The van der Waals surface area contributed by atoms with Crippen LogP contribution in [0.1, 0.15) is 0 Å². The van der Waals surface area contributed by atoms with Gasteiger partial charge < -0.3 is 9.13 Å². The Balaban J connectivity index is 1.04. The van der Waals surface area contributed by atoms with Crippen LogP contribution in [-0.2, 0) is 0 Å². The molecule has 0 N–H and O–H groups in total. The predicted molar refractivity (Wildman–Crippen MR) is 320 cm³/mol. The van der Waals surface area contributed by atoms with E-state index in [9.17, 15) is 0 Å². The second-order valence-corrected chi connectivity index (χ2v) is 23.4. The molecule has 0 bridgehead atoms. The SMILES string of the molecule is c1ccc(-c2cccc(-c3cccc(-c4ccccc4)c3-n3c4ccc(-n5c6ccccc6c6cc([Si](c7ccccc7)(c7ccccc7)c7ccccc7)ccc65)cc4c4c(-c5ccccc5)cccc43)c2)cc1. The zero-order valence-corrected chi connectivity index (χ0v) is 42.3. The van der Waals surface area contributed by atoms with Crippen LogP contribution in [0.15, 0.2) is 303 Å². The highest BCUT2D eigenvalue weighted by atomic mass is 28.3. The minimum atomic E-state index is -2.80. The third-order valence-corrected chi connectivity index (χ3v) is 20.2. The molecule has 0 spiro atoms. The van der Waals surface area contributed by atoms with E-state index in [2.05, 4.69) is 312 Å². The summed E-state index contributed by atoms with van der Waals surface area (Å²) >= 11 is 0. The van der Waals surface area contributed by atoms with E-state index < -0.39 is 8.07 Å².